The number of nitrogens with one attached hydrogen (secondary N) is 1. The maximum absolute atomic E-state index is 10.4. The highest BCUT2D eigenvalue weighted by Gasteiger charge is 2.25. The van der Waals surface area contributed by atoms with Crippen LogP contribution in [0, 0.1) is 0 Å². The Morgan fingerprint density at radius 2 is 2.30 bits per heavy atom. The van der Waals surface area contributed by atoms with Gasteiger partial charge in [-0.3, -0.25) is 8.93 Å². The average molecular weight is 164 g/mol. The Labute approximate surface area is 60.2 Å². The summed E-state index contributed by atoms with van der Waals surface area (Å²) >= 11 is -2.56. The molecule has 0 bridgehead atoms. The van der Waals surface area contributed by atoms with Gasteiger partial charge in [-0.05, 0) is 12.8 Å². The van der Waals surface area contributed by atoms with Crippen molar-refractivity contribution in [1.82, 2.24) is 4.72 Å². The second-order valence-corrected chi connectivity index (χ2v) is 2.61. The lowest BCUT2D eigenvalue weighted by molar-refractivity contribution is 0.145. The highest BCUT2D eigenvalue weighted by Crippen LogP contribution is 2.23. The van der Waals surface area contributed by atoms with Gasteiger partial charge < -0.3 is 9.29 Å². The fourth-order valence-electron chi connectivity index (χ4n) is 0.429. The molecule has 1 amide bonds. The van der Waals surface area contributed by atoms with E-state index >= 15 is 0 Å². The zero-order chi connectivity index (χ0) is 7.56. The van der Waals surface area contributed by atoms with Gasteiger partial charge >= 0.3 is 6.09 Å². The molecule has 1 atom stereocenters. The smallest absolute Gasteiger partial charge is 0.418 e. The van der Waals surface area contributed by atoms with E-state index in [0.29, 0.717) is 0 Å². The van der Waals surface area contributed by atoms with Crippen LogP contribution in [0.5, 0.6) is 0 Å². The molecule has 1 rings (SSSR count). The number of rotatable bonds is 2. The predicted molar refractivity (Wildman–Crippen MR) is 31.6 cm³/mol. The first-order valence-electron chi connectivity index (χ1n) is 2.75. The normalized spacial score (nSPS) is 19.7. The maximum atomic E-state index is 10.4. The number of carbonyl (C=O) groups is 1. The molecule has 0 radical (unpaired) electrons. The van der Waals surface area contributed by atoms with E-state index < -0.39 is 17.4 Å². The van der Waals surface area contributed by atoms with Crippen molar-refractivity contribution >= 4 is 17.4 Å². The molecule has 1 aliphatic rings. The van der Waals surface area contributed by atoms with Gasteiger partial charge in [0.25, 0.3) is 0 Å². The van der Waals surface area contributed by atoms with E-state index in [4.69, 9.17) is 0 Å². The van der Waals surface area contributed by atoms with Crippen LogP contribution in [0.25, 0.3) is 0 Å². The fourth-order valence-corrected chi connectivity index (χ4v) is 0.614. The third kappa shape index (κ3) is 2.79. The zero-order valence-corrected chi connectivity index (χ0v) is 5.85. The zero-order valence-electron chi connectivity index (χ0n) is 5.03. The Hall–Kier alpha value is -0.620. The summed E-state index contributed by atoms with van der Waals surface area (Å²) in [6.07, 6.45) is 0.706. The molecule has 1 aliphatic carbocycles. The minimum atomic E-state index is -2.56. The summed E-state index contributed by atoms with van der Waals surface area (Å²) in [4.78, 5) is 10.4. The first-order chi connectivity index (χ1) is 4.68. The van der Waals surface area contributed by atoms with Crippen LogP contribution in [-0.4, -0.2) is 21.0 Å². The molecule has 5 nitrogen and oxygen atoms in total. The largest absolute Gasteiger partial charge is 0.755 e. The number of carbonyl (C=O) groups excluding carboxylic acids is 1. The Balaban J connectivity index is 2.14. The number of ether oxygens (including phenoxy) is 1. The van der Waals surface area contributed by atoms with Crippen molar-refractivity contribution in [2.45, 2.75) is 18.9 Å². The second-order valence-electron chi connectivity index (χ2n) is 1.94. The number of hydrogen-bond acceptors (Lipinski definition) is 4. The van der Waals surface area contributed by atoms with E-state index in [1.807, 2.05) is 0 Å². The Morgan fingerprint density at radius 1 is 1.70 bits per heavy atom. The summed E-state index contributed by atoms with van der Waals surface area (Å²) in [5.41, 5.74) is 0. The SMILES string of the molecule is O=C(NS(=O)[O-])OC1CC1. The summed E-state index contributed by atoms with van der Waals surface area (Å²) in [5, 5.41) is 0. The van der Waals surface area contributed by atoms with Gasteiger partial charge in [0, 0.05) is 11.3 Å². The van der Waals surface area contributed by atoms with Crippen LogP contribution >= 0.6 is 0 Å². The van der Waals surface area contributed by atoms with Crippen molar-refractivity contribution in [3.8, 4) is 0 Å². The Kier molecular flexibility index (Phi) is 2.23. The topological polar surface area (TPSA) is 78.5 Å². The van der Waals surface area contributed by atoms with Crippen LogP contribution in [0.4, 0.5) is 4.79 Å². The van der Waals surface area contributed by atoms with E-state index in [9.17, 15) is 13.6 Å². The lowest BCUT2D eigenvalue weighted by Gasteiger charge is -2.06. The van der Waals surface area contributed by atoms with E-state index in [-0.39, 0.29) is 6.10 Å². The lowest BCUT2D eigenvalue weighted by Crippen LogP contribution is -2.26. The average Bonchev–Trinajstić information content (AvgIpc) is 2.46. The van der Waals surface area contributed by atoms with Gasteiger partial charge in [-0.15, -0.1) is 0 Å². The molecule has 0 saturated heterocycles. The summed E-state index contributed by atoms with van der Waals surface area (Å²) < 4.78 is 25.7. The molecular weight excluding hydrogens is 158 g/mol. The highest BCUT2D eigenvalue weighted by atomic mass is 32.2. The molecule has 0 aliphatic heterocycles. The second kappa shape index (κ2) is 2.98. The molecule has 0 aromatic carbocycles. The summed E-state index contributed by atoms with van der Waals surface area (Å²) in [6.45, 7) is 0. The third-order valence-electron chi connectivity index (χ3n) is 0.965. The van der Waals surface area contributed by atoms with Crippen LogP contribution in [0.2, 0.25) is 0 Å². The molecule has 0 spiro atoms. The van der Waals surface area contributed by atoms with E-state index in [0.717, 1.165) is 12.8 Å². The van der Waals surface area contributed by atoms with E-state index in [1.165, 1.54) is 0 Å². The Bertz CT molecular complexity index is 167. The van der Waals surface area contributed by atoms with Crippen molar-refractivity contribution in [1.29, 1.82) is 0 Å². The van der Waals surface area contributed by atoms with Crippen LogP contribution in [0.3, 0.4) is 0 Å². The van der Waals surface area contributed by atoms with Gasteiger partial charge in [-0.25, -0.2) is 4.79 Å². The van der Waals surface area contributed by atoms with Gasteiger partial charge in [0.15, 0.2) is 0 Å². The molecular formula is C4H6NO4S-. The Morgan fingerprint density at radius 3 is 2.70 bits per heavy atom. The molecule has 0 heterocycles. The molecule has 0 aromatic rings. The van der Waals surface area contributed by atoms with E-state index in [2.05, 4.69) is 4.74 Å². The monoisotopic (exact) mass is 164 g/mol. The van der Waals surface area contributed by atoms with Gasteiger partial charge in [0.05, 0.1) is 0 Å². The lowest BCUT2D eigenvalue weighted by atomic mass is 10.8. The van der Waals surface area contributed by atoms with Crippen LogP contribution in [0.15, 0.2) is 0 Å². The molecule has 6 heteroatoms. The summed E-state index contributed by atoms with van der Waals surface area (Å²) in [5.74, 6) is 0. The first-order valence-corrected chi connectivity index (χ1v) is 3.82. The van der Waals surface area contributed by atoms with Crippen LogP contribution in [-0.2, 0) is 16.0 Å². The fraction of sp³-hybridized carbons (Fsp3) is 0.750. The van der Waals surface area contributed by atoms with E-state index in [1.54, 1.807) is 4.72 Å². The number of hydrogen-bond donors (Lipinski definition) is 1. The molecule has 10 heavy (non-hydrogen) atoms. The first kappa shape index (κ1) is 7.49. The molecule has 1 saturated carbocycles. The molecule has 1 N–H and O–H groups in total. The molecule has 58 valence electrons. The maximum Gasteiger partial charge on any atom is 0.418 e. The van der Waals surface area contributed by atoms with Gasteiger partial charge in [0.2, 0.25) is 0 Å². The van der Waals surface area contributed by atoms with Gasteiger partial charge in [0.1, 0.15) is 6.10 Å². The van der Waals surface area contributed by atoms with Crippen molar-refractivity contribution in [2.24, 2.45) is 0 Å². The quantitative estimate of drug-likeness (QED) is 0.567. The van der Waals surface area contributed by atoms with Crippen molar-refractivity contribution < 1.29 is 18.3 Å². The molecule has 1 unspecified atom stereocenters. The minimum absolute atomic E-state index is 0.0662. The predicted octanol–water partition coefficient (Wildman–Crippen LogP) is -0.331. The van der Waals surface area contributed by atoms with Crippen LogP contribution in [0.1, 0.15) is 12.8 Å². The minimum Gasteiger partial charge on any atom is -0.755 e. The van der Waals surface area contributed by atoms with Gasteiger partial charge in [-0.1, -0.05) is 0 Å². The van der Waals surface area contributed by atoms with Crippen molar-refractivity contribution in [2.75, 3.05) is 0 Å². The van der Waals surface area contributed by atoms with Crippen molar-refractivity contribution in [3.63, 3.8) is 0 Å². The molecule has 0 aromatic heterocycles. The van der Waals surface area contributed by atoms with Crippen LogP contribution < -0.4 is 4.72 Å². The third-order valence-corrected chi connectivity index (χ3v) is 1.30. The summed E-state index contributed by atoms with van der Waals surface area (Å²) in [7, 11) is 0. The summed E-state index contributed by atoms with van der Waals surface area (Å²) in [6, 6.07) is 0. The van der Waals surface area contributed by atoms with Gasteiger partial charge in [-0.2, -0.15) is 0 Å². The highest BCUT2D eigenvalue weighted by molar-refractivity contribution is 7.77. The molecule has 1 fully saturated rings. The standard InChI is InChI=1S/C4H7NO4S/c6-4(5-10(7)8)9-3-1-2-3/h3H,1-2H2,(H,5,6)(H,7,8)/p-1. The van der Waals surface area contributed by atoms with Crippen molar-refractivity contribution in [3.05, 3.63) is 0 Å². The number of amides is 1.